The Kier molecular flexibility index (Phi) is 2.29. The summed E-state index contributed by atoms with van der Waals surface area (Å²) in [5, 5.41) is 0. The third-order valence-corrected chi connectivity index (χ3v) is 2.10. The van der Waals surface area contributed by atoms with Crippen LogP contribution >= 0.6 is 0 Å². The lowest BCUT2D eigenvalue weighted by Gasteiger charge is -2.29. The average molecular weight is 125 g/mol. The molecule has 0 amide bonds. The fourth-order valence-electron chi connectivity index (χ4n) is 1.40. The summed E-state index contributed by atoms with van der Waals surface area (Å²) < 4.78 is 0. The molecule has 1 aliphatic heterocycles. The molecule has 0 aromatic rings. The smallest absolute Gasteiger partial charge is 0.0272 e. The van der Waals surface area contributed by atoms with Crippen molar-refractivity contribution in [3.05, 3.63) is 12.7 Å². The molecule has 0 bridgehead atoms. The highest BCUT2D eigenvalue weighted by molar-refractivity contribution is 4.88. The molecular formula is C8H15N. The fourth-order valence-corrected chi connectivity index (χ4v) is 1.40. The molecule has 1 saturated heterocycles. The van der Waals surface area contributed by atoms with Gasteiger partial charge in [0.15, 0.2) is 0 Å². The van der Waals surface area contributed by atoms with Crippen molar-refractivity contribution >= 4 is 0 Å². The summed E-state index contributed by atoms with van der Waals surface area (Å²) in [4.78, 5) is 2.37. The summed E-state index contributed by atoms with van der Waals surface area (Å²) in [5.74, 6) is 0. The van der Waals surface area contributed by atoms with Gasteiger partial charge in [0.05, 0.1) is 0 Å². The summed E-state index contributed by atoms with van der Waals surface area (Å²) in [5.41, 5.74) is 0. The molecule has 0 saturated carbocycles. The molecule has 1 heterocycles. The molecule has 1 heteroatoms. The molecule has 52 valence electrons. The minimum atomic E-state index is 0.652. The van der Waals surface area contributed by atoms with Crippen molar-refractivity contribution in [1.29, 1.82) is 0 Å². The van der Waals surface area contributed by atoms with E-state index in [1.54, 1.807) is 0 Å². The van der Waals surface area contributed by atoms with E-state index in [0.717, 1.165) is 0 Å². The van der Waals surface area contributed by atoms with E-state index in [4.69, 9.17) is 0 Å². The second-order valence-corrected chi connectivity index (χ2v) is 2.78. The Morgan fingerprint density at radius 3 is 2.78 bits per heavy atom. The van der Waals surface area contributed by atoms with Crippen molar-refractivity contribution in [3.8, 4) is 0 Å². The van der Waals surface area contributed by atoms with Crippen LogP contribution in [0.2, 0.25) is 0 Å². The Morgan fingerprint density at radius 1 is 1.56 bits per heavy atom. The third kappa shape index (κ3) is 1.55. The lowest BCUT2D eigenvalue weighted by atomic mass is 10.0. The SMILES string of the molecule is C=CC1CCCCN1C. The van der Waals surface area contributed by atoms with Gasteiger partial charge in [-0.05, 0) is 26.4 Å². The van der Waals surface area contributed by atoms with E-state index >= 15 is 0 Å². The van der Waals surface area contributed by atoms with Gasteiger partial charge >= 0.3 is 0 Å². The van der Waals surface area contributed by atoms with Crippen LogP contribution in [0.5, 0.6) is 0 Å². The van der Waals surface area contributed by atoms with Gasteiger partial charge in [-0.1, -0.05) is 12.5 Å². The molecular weight excluding hydrogens is 110 g/mol. The second kappa shape index (κ2) is 3.02. The predicted molar refractivity (Wildman–Crippen MR) is 40.5 cm³/mol. The third-order valence-electron chi connectivity index (χ3n) is 2.10. The maximum Gasteiger partial charge on any atom is 0.0272 e. The van der Waals surface area contributed by atoms with Gasteiger partial charge in [-0.25, -0.2) is 0 Å². The molecule has 1 rings (SSSR count). The van der Waals surface area contributed by atoms with Gasteiger partial charge in [-0.15, -0.1) is 6.58 Å². The van der Waals surface area contributed by atoms with E-state index in [2.05, 4.69) is 24.6 Å². The van der Waals surface area contributed by atoms with Gasteiger partial charge in [0.25, 0.3) is 0 Å². The lowest BCUT2D eigenvalue weighted by Crippen LogP contribution is -2.34. The van der Waals surface area contributed by atoms with E-state index in [1.165, 1.54) is 25.8 Å². The Hall–Kier alpha value is -0.300. The molecule has 1 nitrogen and oxygen atoms in total. The maximum absolute atomic E-state index is 3.79. The van der Waals surface area contributed by atoms with Gasteiger partial charge < -0.3 is 0 Å². The van der Waals surface area contributed by atoms with E-state index in [9.17, 15) is 0 Å². The Labute approximate surface area is 57.4 Å². The summed E-state index contributed by atoms with van der Waals surface area (Å²) in [6.45, 7) is 5.04. The number of likely N-dealkylation sites (N-methyl/N-ethyl adjacent to an activating group) is 1. The first-order chi connectivity index (χ1) is 4.34. The largest absolute Gasteiger partial charge is 0.300 e. The van der Waals surface area contributed by atoms with Gasteiger partial charge in [0.2, 0.25) is 0 Å². The summed E-state index contributed by atoms with van der Waals surface area (Å²) in [6, 6.07) is 0.652. The van der Waals surface area contributed by atoms with Crippen LogP contribution in [0.3, 0.4) is 0 Å². The highest BCUT2D eigenvalue weighted by Gasteiger charge is 2.14. The van der Waals surface area contributed by atoms with Gasteiger partial charge in [0, 0.05) is 6.04 Å². The normalized spacial score (nSPS) is 30.1. The van der Waals surface area contributed by atoms with Crippen molar-refractivity contribution in [2.75, 3.05) is 13.6 Å². The highest BCUT2D eigenvalue weighted by Crippen LogP contribution is 2.14. The fraction of sp³-hybridized carbons (Fsp3) is 0.750. The van der Waals surface area contributed by atoms with Crippen molar-refractivity contribution in [2.24, 2.45) is 0 Å². The molecule has 0 aliphatic carbocycles. The van der Waals surface area contributed by atoms with E-state index in [0.29, 0.717) is 6.04 Å². The molecule has 1 atom stereocenters. The molecule has 1 unspecified atom stereocenters. The first-order valence-electron chi connectivity index (χ1n) is 3.67. The van der Waals surface area contributed by atoms with Crippen molar-refractivity contribution in [1.82, 2.24) is 4.90 Å². The number of hydrogen-bond donors (Lipinski definition) is 0. The molecule has 0 spiro atoms. The molecule has 0 aromatic carbocycles. The van der Waals surface area contributed by atoms with E-state index in [1.807, 2.05) is 0 Å². The van der Waals surface area contributed by atoms with Crippen LogP contribution in [0.25, 0.3) is 0 Å². The van der Waals surface area contributed by atoms with Crippen LogP contribution in [0.15, 0.2) is 12.7 Å². The molecule has 0 N–H and O–H groups in total. The number of piperidine rings is 1. The van der Waals surface area contributed by atoms with Crippen LogP contribution < -0.4 is 0 Å². The Balaban J connectivity index is 2.38. The van der Waals surface area contributed by atoms with Crippen LogP contribution in [0.4, 0.5) is 0 Å². The molecule has 1 aliphatic rings. The number of nitrogens with zero attached hydrogens (tertiary/aromatic N) is 1. The van der Waals surface area contributed by atoms with Crippen LogP contribution in [-0.2, 0) is 0 Å². The highest BCUT2D eigenvalue weighted by atomic mass is 15.1. The van der Waals surface area contributed by atoms with Crippen LogP contribution in [0.1, 0.15) is 19.3 Å². The van der Waals surface area contributed by atoms with Gasteiger partial charge in [-0.2, -0.15) is 0 Å². The summed E-state index contributed by atoms with van der Waals surface area (Å²) in [6.07, 6.45) is 6.10. The minimum Gasteiger partial charge on any atom is -0.300 e. The summed E-state index contributed by atoms with van der Waals surface area (Å²) >= 11 is 0. The van der Waals surface area contributed by atoms with Crippen molar-refractivity contribution < 1.29 is 0 Å². The molecule has 9 heavy (non-hydrogen) atoms. The van der Waals surface area contributed by atoms with Crippen molar-refractivity contribution in [2.45, 2.75) is 25.3 Å². The molecule has 0 radical (unpaired) electrons. The van der Waals surface area contributed by atoms with Crippen LogP contribution in [-0.4, -0.2) is 24.5 Å². The zero-order valence-corrected chi connectivity index (χ0v) is 6.14. The average Bonchev–Trinajstić information content (AvgIpc) is 1.89. The van der Waals surface area contributed by atoms with Crippen LogP contribution in [0, 0.1) is 0 Å². The second-order valence-electron chi connectivity index (χ2n) is 2.78. The van der Waals surface area contributed by atoms with E-state index < -0.39 is 0 Å². The lowest BCUT2D eigenvalue weighted by molar-refractivity contribution is 0.222. The first kappa shape index (κ1) is 6.81. The monoisotopic (exact) mass is 125 g/mol. The minimum absolute atomic E-state index is 0.652. The Bertz CT molecular complexity index is 98.7. The summed E-state index contributed by atoms with van der Waals surface area (Å²) in [7, 11) is 2.17. The predicted octanol–water partition coefficient (Wildman–Crippen LogP) is 1.66. The zero-order chi connectivity index (χ0) is 6.69. The first-order valence-corrected chi connectivity index (χ1v) is 3.67. The quantitative estimate of drug-likeness (QED) is 0.482. The molecule has 0 aromatic heterocycles. The Morgan fingerprint density at radius 2 is 2.33 bits per heavy atom. The zero-order valence-electron chi connectivity index (χ0n) is 6.14. The number of rotatable bonds is 1. The maximum atomic E-state index is 3.79. The number of hydrogen-bond acceptors (Lipinski definition) is 1. The topological polar surface area (TPSA) is 3.24 Å². The standard InChI is InChI=1S/C8H15N/c1-3-8-6-4-5-7-9(8)2/h3,8H,1,4-7H2,2H3. The van der Waals surface area contributed by atoms with Crippen molar-refractivity contribution in [3.63, 3.8) is 0 Å². The number of likely N-dealkylation sites (tertiary alicyclic amines) is 1. The van der Waals surface area contributed by atoms with E-state index in [-0.39, 0.29) is 0 Å². The van der Waals surface area contributed by atoms with Gasteiger partial charge in [0.1, 0.15) is 0 Å². The molecule has 1 fully saturated rings. The van der Waals surface area contributed by atoms with Gasteiger partial charge in [-0.3, -0.25) is 4.90 Å².